The van der Waals surface area contributed by atoms with Gasteiger partial charge in [-0.25, -0.2) is 4.98 Å². The molecule has 0 bridgehead atoms. The van der Waals surface area contributed by atoms with Crippen molar-refractivity contribution in [3.63, 3.8) is 0 Å². The maximum absolute atomic E-state index is 4.57. The van der Waals surface area contributed by atoms with Crippen molar-refractivity contribution in [1.29, 1.82) is 0 Å². The van der Waals surface area contributed by atoms with Crippen LogP contribution in [0, 0.1) is 6.92 Å². The molecule has 3 heterocycles. The zero-order valence-corrected chi connectivity index (χ0v) is 13.0. The van der Waals surface area contributed by atoms with Crippen LogP contribution in [-0.2, 0) is 0 Å². The van der Waals surface area contributed by atoms with Crippen molar-refractivity contribution in [1.82, 2.24) is 15.2 Å². The van der Waals surface area contributed by atoms with Crippen molar-refractivity contribution < 1.29 is 0 Å². The second kappa shape index (κ2) is 5.77. The van der Waals surface area contributed by atoms with Crippen LogP contribution in [0.1, 0.15) is 12.0 Å². The van der Waals surface area contributed by atoms with Crippen LogP contribution in [0.25, 0.3) is 0 Å². The highest BCUT2D eigenvalue weighted by Gasteiger charge is 2.26. The molecule has 2 aliphatic heterocycles. The molecule has 1 N–H and O–H groups in total. The Hall–Kier alpha value is -0.650. The zero-order chi connectivity index (χ0) is 13.2. The lowest BCUT2D eigenvalue weighted by molar-refractivity contribution is 0.196. The lowest BCUT2D eigenvalue weighted by Crippen LogP contribution is -2.51. The van der Waals surface area contributed by atoms with Gasteiger partial charge in [-0.3, -0.25) is 4.90 Å². The molecule has 1 aromatic heterocycles. The number of nitrogens with one attached hydrogen (secondary N) is 1. The van der Waals surface area contributed by atoms with Gasteiger partial charge in [0.2, 0.25) is 0 Å². The summed E-state index contributed by atoms with van der Waals surface area (Å²) in [6.07, 6.45) is 3.20. The molecular formula is C14H21BrN4. The van der Waals surface area contributed by atoms with E-state index >= 15 is 0 Å². The van der Waals surface area contributed by atoms with E-state index in [-0.39, 0.29) is 0 Å². The predicted molar refractivity (Wildman–Crippen MR) is 81.7 cm³/mol. The quantitative estimate of drug-likeness (QED) is 0.896. The van der Waals surface area contributed by atoms with Gasteiger partial charge < -0.3 is 10.2 Å². The van der Waals surface area contributed by atoms with Gasteiger partial charge in [-0.1, -0.05) is 0 Å². The molecule has 1 aromatic rings. The maximum Gasteiger partial charge on any atom is 0.131 e. The summed E-state index contributed by atoms with van der Waals surface area (Å²) in [4.78, 5) is 9.62. The summed E-state index contributed by atoms with van der Waals surface area (Å²) in [5.74, 6) is 1.15. The van der Waals surface area contributed by atoms with Crippen molar-refractivity contribution in [3.8, 4) is 0 Å². The summed E-state index contributed by atoms with van der Waals surface area (Å²) in [6, 6.07) is 2.90. The van der Waals surface area contributed by atoms with Gasteiger partial charge in [0.05, 0.1) is 0 Å². The summed E-state index contributed by atoms with van der Waals surface area (Å²) in [6.45, 7) is 8.97. The van der Waals surface area contributed by atoms with Gasteiger partial charge in [-0.05, 0) is 47.4 Å². The fraction of sp³-hybridized carbons (Fsp3) is 0.643. The number of aryl methyl sites for hydroxylation is 1. The van der Waals surface area contributed by atoms with Crippen LogP contribution in [0.4, 0.5) is 5.82 Å². The van der Waals surface area contributed by atoms with Crippen LogP contribution in [-0.4, -0.2) is 55.2 Å². The summed E-state index contributed by atoms with van der Waals surface area (Å²) < 4.78 is 1.06. The van der Waals surface area contributed by atoms with Crippen LogP contribution in [0.5, 0.6) is 0 Å². The van der Waals surface area contributed by atoms with E-state index in [0.717, 1.165) is 49.1 Å². The van der Waals surface area contributed by atoms with E-state index in [9.17, 15) is 0 Å². The molecule has 4 nitrogen and oxygen atoms in total. The largest absolute Gasteiger partial charge is 0.354 e. The standard InChI is InChI=1S/C14H21BrN4/c1-11-8-12(15)9-17-14(11)19-6-4-18(5-7-19)13-2-3-16-10-13/h8-9,13,16H,2-7,10H2,1H3. The number of hydrogen-bond donors (Lipinski definition) is 1. The molecule has 2 saturated heterocycles. The molecule has 2 aliphatic rings. The van der Waals surface area contributed by atoms with E-state index in [2.05, 4.69) is 49.0 Å². The predicted octanol–water partition coefficient (Wildman–Crippen LogP) is 1.64. The maximum atomic E-state index is 4.57. The number of hydrogen-bond acceptors (Lipinski definition) is 4. The lowest BCUT2D eigenvalue weighted by atomic mass is 10.1. The minimum absolute atomic E-state index is 0.751. The number of piperazine rings is 1. The Balaban J connectivity index is 1.63. The van der Waals surface area contributed by atoms with Crippen LogP contribution < -0.4 is 10.2 Å². The number of anilines is 1. The minimum atomic E-state index is 0.751. The fourth-order valence-electron chi connectivity index (χ4n) is 3.11. The zero-order valence-electron chi connectivity index (χ0n) is 11.4. The fourth-order valence-corrected chi connectivity index (χ4v) is 3.56. The molecule has 104 valence electrons. The molecule has 1 atom stereocenters. The van der Waals surface area contributed by atoms with Crippen molar-refractivity contribution in [3.05, 3.63) is 22.3 Å². The van der Waals surface area contributed by atoms with E-state index in [0.29, 0.717) is 0 Å². The molecule has 0 aliphatic carbocycles. The molecule has 0 saturated carbocycles. The van der Waals surface area contributed by atoms with E-state index in [1.54, 1.807) is 0 Å². The van der Waals surface area contributed by atoms with E-state index in [4.69, 9.17) is 0 Å². The number of halogens is 1. The van der Waals surface area contributed by atoms with E-state index in [1.165, 1.54) is 18.5 Å². The number of aromatic nitrogens is 1. The monoisotopic (exact) mass is 324 g/mol. The topological polar surface area (TPSA) is 31.4 Å². The van der Waals surface area contributed by atoms with Crippen LogP contribution in [0.15, 0.2) is 16.7 Å². The molecular weight excluding hydrogens is 304 g/mol. The SMILES string of the molecule is Cc1cc(Br)cnc1N1CCN(C2CCNC2)CC1. The first-order valence-electron chi connectivity index (χ1n) is 7.06. The molecule has 0 radical (unpaired) electrons. The average Bonchev–Trinajstić information content (AvgIpc) is 2.93. The van der Waals surface area contributed by atoms with Crippen molar-refractivity contribution in [2.45, 2.75) is 19.4 Å². The van der Waals surface area contributed by atoms with Gasteiger partial charge in [-0.15, -0.1) is 0 Å². The molecule has 19 heavy (non-hydrogen) atoms. The van der Waals surface area contributed by atoms with Gasteiger partial charge >= 0.3 is 0 Å². The second-order valence-corrected chi connectivity index (χ2v) is 6.38. The number of rotatable bonds is 2. The Bertz CT molecular complexity index is 437. The van der Waals surface area contributed by atoms with E-state index < -0.39 is 0 Å². The summed E-state index contributed by atoms with van der Waals surface area (Å²) in [7, 11) is 0. The first-order valence-corrected chi connectivity index (χ1v) is 7.85. The molecule has 2 fully saturated rings. The van der Waals surface area contributed by atoms with Crippen molar-refractivity contribution in [2.75, 3.05) is 44.2 Å². The van der Waals surface area contributed by atoms with Crippen molar-refractivity contribution >= 4 is 21.7 Å². The van der Waals surface area contributed by atoms with Crippen molar-refractivity contribution in [2.24, 2.45) is 0 Å². The smallest absolute Gasteiger partial charge is 0.131 e. The summed E-state index contributed by atoms with van der Waals surface area (Å²) in [5, 5.41) is 3.46. The molecule has 0 aromatic carbocycles. The van der Waals surface area contributed by atoms with Gasteiger partial charge in [0.1, 0.15) is 5.82 Å². The lowest BCUT2D eigenvalue weighted by Gasteiger charge is -2.38. The van der Waals surface area contributed by atoms with Gasteiger partial charge in [0.25, 0.3) is 0 Å². The minimum Gasteiger partial charge on any atom is -0.354 e. The van der Waals surface area contributed by atoms with Gasteiger partial charge in [0.15, 0.2) is 0 Å². The molecule has 0 spiro atoms. The Morgan fingerprint density at radius 3 is 2.74 bits per heavy atom. The first kappa shape index (κ1) is 13.3. The van der Waals surface area contributed by atoms with Crippen LogP contribution >= 0.6 is 15.9 Å². The highest BCUT2D eigenvalue weighted by atomic mass is 79.9. The Kier molecular flexibility index (Phi) is 4.05. The molecule has 1 unspecified atom stereocenters. The summed E-state index contributed by atoms with van der Waals surface area (Å²) >= 11 is 3.48. The molecule has 5 heteroatoms. The highest BCUT2D eigenvalue weighted by molar-refractivity contribution is 9.10. The summed E-state index contributed by atoms with van der Waals surface area (Å²) in [5.41, 5.74) is 1.25. The Morgan fingerprint density at radius 2 is 2.11 bits per heavy atom. The normalized spacial score (nSPS) is 24.9. The third kappa shape index (κ3) is 2.93. The molecule has 3 rings (SSSR count). The number of nitrogens with zero attached hydrogens (tertiary/aromatic N) is 3. The van der Waals surface area contributed by atoms with Gasteiger partial charge in [-0.2, -0.15) is 0 Å². The van der Waals surface area contributed by atoms with Crippen LogP contribution in [0.2, 0.25) is 0 Å². The highest BCUT2D eigenvalue weighted by Crippen LogP contribution is 2.22. The third-order valence-corrected chi connectivity index (χ3v) is 4.62. The first-order chi connectivity index (χ1) is 9.24. The number of pyridine rings is 1. The molecule has 0 amide bonds. The Morgan fingerprint density at radius 1 is 1.32 bits per heavy atom. The van der Waals surface area contributed by atoms with Crippen LogP contribution in [0.3, 0.4) is 0 Å². The van der Waals surface area contributed by atoms with Gasteiger partial charge in [0, 0.05) is 49.4 Å². The Labute approximate surface area is 123 Å². The van der Waals surface area contributed by atoms with E-state index in [1.807, 2.05) is 6.20 Å². The third-order valence-electron chi connectivity index (χ3n) is 4.18. The average molecular weight is 325 g/mol. The second-order valence-electron chi connectivity index (χ2n) is 5.46.